The van der Waals surface area contributed by atoms with E-state index in [9.17, 15) is 4.79 Å². The molecule has 0 saturated heterocycles. The van der Waals surface area contributed by atoms with Crippen molar-refractivity contribution in [3.8, 4) is 0 Å². The van der Waals surface area contributed by atoms with Crippen LogP contribution >= 0.6 is 0 Å². The van der Waals surface area contributed by atoms with Crippen LogP contribution in [0.15, 0.2) is 0 Å². The van der Waals surface area contributed by atoms with E-state index >= 15 is 0 Å². The van der Waals surface area contributed by atoms with Gasteiger partial charge < -0.3 is 16.0 Å². The Morgan fingerprint density at radius 2 is 2.00 bits per heavy atom. The number of likely N-dealkylation sites (N-methyl/N-ethyl adjacent to an activating group) is 1. The van der Waals surface area contributed by atoms with Crippen molar-refractivity contribution >= 4 is 5.91 Å². The van der Waals surface area contributed by atoms with Gasteiger partial charge in [-0.15, -0.1) is 0 Å². The average molecular weight is 283 g/mol. The first kappa shape index (κ1) is 17.4. The second-order valence-electron chi connectivity index (χ2n) is 6.73. The first-order chi connectivity index (χ1) is 9.36. The van der Waals surface area contributed by atoms with E-state index in [0.717, 1.165) is 38.6 Å². The molecule has 3 N–H and O–H groups in total. The zero-order valence-corrected chi connectivity index (χ0v) is 13.9. The van der Waals surface area contributed by atoms with E-state index in [4.69, 9.17) is 5.73 Å². The van der Waals surface area contributed by atoms with E-state index in [-0.39, 0.29) is 17.4 Å². The first-order valence-electron chi connectivity index (χ1n) is 8.07. The highest BCUT2D eigenvalue weighted by Gasteiger charge is 2.43. The second kappa shape index (κ2) is 7.41. The van der Waals surface area contributed by atoms with Crippen molar-refractivity contribution in [2.45, 2.75) is 65.0 Å². The van der Waals surface area contributed by atoms with Gasteiger partial charge >= 0.3 is 0 Å². The van der Waals surface area contributed by atoms with Crippen molar-refractivity contribution in [2.75, 3.05) is 20.6 Å². The monoisotopic (exact) mass is 283 g/mol. The topological polar surface area (TPSA) is 58.4 Å². The lowest BCUT2D eigenvalue weighted by molar-refractivity contribution is -0.130. The predicted octanol–water partition coefficient (Wildman–Crippen LogP) is 1.99. The Hall–Kier alpha value is -0.610. The average Bonchev–Trinajstić information content (AvgIpc) is 2.75. The van der Waals surface area contributed by atoms with Crippen LogP contribution in [0.3, 0.4) is 0 Å². The number of amides is 1. The summed E-state index contributed by atoms with van der Waals surface area (Å²) in [6.45, 7) is 7.18. The van der Waals surface area contributed by atoms with E-state index in [1.54, 1.807) is 0 Å². The number of rotatable bonds is 7. The summed E-state index contributed by atoms with van der Waals surface area (Å²) < 4.78 is 0. The minimum Gasteiger partial charge on any atom is -0.354 e. The van der Waals surface area contributed by atoms with Crippen molar-refractivity contribution in [1.82, 2.24) is 10.2 Å². The van der Waals surface area contributed by atoms with Crippen molar-refractivity contribution in [3.05, 3.63) is 0 Å². The summed E-state index contributed by atoms with van der Waals surface area (Å²) in [7, 11) is 4.19. The number of nitrogens with one attached hydrogen (secondary N) is 1. The molecule has 1 aliphatic carbocycles. The number of carbonyl (C=O) groups excluding carboxylic acids is 1. The summed E-state index contributed by atoms with van der Waals surface area (Å²) >= 11 is 0. The van der Waals surface area contributed by atoms with Gasteiger partial charge in [0.25, 0.3) is 0 Å². The van der Waals surface area contributed by atoms with Crippen molar-refractivity contribution in [1.29, 1.82) is 0 Å². The smallest absolute Gasteiger partial charge is 0.227 e. The molecule has 0 aromatic heterocycles. The fraction of sp³-hybridized carbons (Fsp3) is 0.938. The van der Waals surface area contributed by atoms with Gasteiger partial charge in [-0.25, -0.2) is 0 Å². The maximum Gasteiger partial charge on any atom is 0.227 e. The first-order valence-corrected chi connectivity index (χ1v) is 8.07. The Bertz CT molecular complexity index is 315. The molecule has 0 heterocycles. The van der Waals surface area contributed by atoms with Crippen LogP contribution in [-0.4, -0.2) is 43.5 Å². The fourth-order valence-corrected chi connectivity index (χ4v) is 3.48. The Balaban J connectivity index is 2.61. The molecule has 1 amide bonds. The van der Waals surface area contributed by atoms with E-state index in [1.165, 1.54) is 0 Å². The van der Waals surface area contributed by atoms with Gasteiger partial charge in [-0.2, -0.15) is 0 Å². The molecule has 118 valence electrons. The number of hydrogen-bond donors (Lipinski definition) is 2. The molecule has 1 fully saturated rings. The van der Waals surface area contributed by atoms with Gasteiger partial charge in [-0.05, 0) is 39.8 Å². The Labute approximate surface area is 124 Å². The van der Waals surface area contributed by atoms with Gasteiger partial charge in [0.15, 0.2) is 0 Å². The normalized spacial score (nSPS) is 28.1. The van der Waals surface area contributed by atoms with Crippen molar-refractivity contribution in [2.24, 2.45) is 17.1 Å². The standard InChI is InChI=1S/C16H33N3O/c1-6-12(7-2)13(19(4)5)11-18-15(20)16(3)10-8-9-14(16)17/h12-14H,6-11,17H2,1-5H3,(H,18,20). The van der Waals surface area contributed by atoms with Crippen LogP contribution in [-0.2, 0) is 4.79 Å². The number of hydrogen-bond acceptors (Lipinski definition) is 3. The molecule has 4 nitrogen and oxygen atoms in total. The number of nitrogens with two attached hydrogens (primary N) is 1. The van der Waals surface area contributed by atoms with Crippen LogP contribution in [0.2, 0.25) is 0 Å². The molecule has 0 aromatic carbocycles. The minimum absolute atomic E-state index is 0.00783. The second-order valence-corrected chi connectivity index (χ2v) is 6.73. The largest absolute Gasteiger partial charge is 0.354 e. The molecule has 0 aliphatic heterocycles. The summed E-state index contributed by atoms with van der Waals surface area (Å²) in [6, 6.07) is 0.406. The van der Waals surface area contributed by atoms with Gasteiger partial charge in [0.2, 0.25) is 5.91 Å². The van der Waals surface area contributed by atoms with Crippen LogP contribution in [0.1, 0.15) is 52.9 Å². The summed E-state index contributed by atoms with van der Waals surface area (Å²) in [5.74, 6) is 0.760. The molecule has 0 bridgehead atoms. The molecule has 0 aromatic rings. The van der Waals surface area contributed by atoms with E-state index < -0.39 is 0 Å². The molecule has 20 heavy (non-hydrogen) atoms. The molecule has 1 aliphatic rings. The zero-order chi connectivity index (χ0) is 15.3. The molecule has 0 spiro atoms. The van der Waals surface area contributed by atoms with E-state index in [0.29, 0.717) is 12.0 Å². The lowest BCUT2D eigenvalue weighted by Gasteiger charge is -2.34. The maximum absolute atomic E-state index is 12.5. The van der Waals surface area contributed by atoms with Crippen LogP contribution in [0.4, 0.5) is 0 Å². The van der Waals surface area contributed by atoms with Gasteiger partial charge in [-0.3, -0.25) is 4.79 Å². The van der Waals surface area contributed by atoms with Gasteiger partial charge in [0.1, 0.15) is 0 Å². The van der Waals surface area contributed by atoms with Gasteiger partial charge in [0.05, 0.1) is 5.41 Å². The maximum atomic E-state index is 12.5. The summed E-state index contributed by atoms with van der Waals surface area (Å²) in [6.07, 6.45) is 5.23. The zero-order valence-electron chi connectivity index (χ0n) is 13.9. The van der Waals surface area contributed by atoms with Crippen molar-refractivity contribution < 1.29 is 4.79 Å². The van der Waals surface area contributed by atoms with E-state index in [1.807, 2.05) is 6.92 Å². The van der Waals surface area contributed by atoms with Gasteiger partial charge in [0, 0.05) is 18.6 Å². The Morgan fingerprint density at radius 3 is 2.40 bits per heavy atom. The van der Waals surface area contributed by atoms with Crippen LogP contribution < -0.4 is 11.1 Å². The third-order valence-electron chi connectivity index (χ3n) is 5.28. The van der Waals surface area contributed by atoms with Crippen LogP contribution in [0.25, 0.3) is 0 Å². The molecule has 1 saturated carbocycles. The summed E-state index contributed by atoms with van der Waals surface area (Å²) in [4.78, 5) is 14.7. The lowest BCUT2D eigenvalue weighted by Crippen LogP contribution is -2.51. The van der Waals surface area contributed by atoms with Crippen molar-refractivity contribution in [3.63, 3.8) is 0 Å². The highest BCUT2D eigenvalue weighted by atomic mass is 16.2. The molecular formula is C16H33N3O. The Morgan fingerprint density at radius 1 is 1.40 bits per heavy atom. The predicted molar refractivity (Wildman–Crippen MR) is 84.5 cm³/mol. The van der Waals surface area contributed by atoms with Gasteiger partial charge in [-0.1, -0.05) is 33.1 Å². The third-order valence-corrected chi connectivity index (χ3v) is 5.28. The quantitative estimate of drug-likeness (QED) is 0.751. The molecular weight excluding hydrogens is 250 g/mol. The lowest BCUT2D eigenvalue weighted by atomic mass is 9.84. The van der Waals surface area contributed by atoms with Crippen LogP contribution in [0, 0.1) is 11.3 Å². The molecule has 0 radical (unpaired) electrons. The SMILES string of the molecule is CCC(CC)C(CNC(=O)C1(C)CCCC1N)N(C)C. The van der Waals surface area contributed by atoms with Crippen LogP contribution in [0.5, 0.6) is 0 Å². The van der Waals surface area contributed by atoms with E-state index in [2.05, 4.69) is 38.2 Å². The Kier molecular flexibility index (Phi) is 6.46. The molecule has 3 unspecified atom stereocenters. The number of nitrogens with zero attached hydrogens (tertiary/aromatic N) is 1. The number of carbonyl (C=O) groups is 1. The summed E-state index contributed by atoms with van der Waals surface area (Å²) in [5, 5.41) is 3.17. The molecule has 4 heteroatoms. The summed E-state index contributed by atoms with van der Waals surface area (Å²) in [5.41, 5.74) is 5.75. The highest BCUT2D eigenvalue weighted by Crippen LogP contribution is 2.36. The molecule has 3 atom stereocenters. The minimum atomic E-state index is -0.370. The highest BCUT2D eigenvalue weighted by molar-refractivity contribution is 5.83. The molecule has 1 rings (SSSR count). The fourth-order valence-electron chi connectivity index (χ4n) is 3.48. The third kappa shape index (κ3) is 3.73.